The van der Waals surface area contributed by atoms with Crippen molar-refractivity contribution in [3.8, 4) is 0 Å². The van der Waals surface area contributed by atoms with Crippen LogP contribution in [0.5, 0.6) is 0 Å². The van der Waals surface area contributed by atoms with Gasteiger partial charge in [-0.1, -0.05) is 6.92 Å². The van der Waals surface area contributed by atoms with Crippen molar-refractivity contribution in [1.29, 1.82) is 0 Å². The lowest BCUT2D eigenvalue weighted by molar-refractivity contribution is -0.143. The van der Waals surface area contributed by atoms with Crippen LogP contribution >= 0.6 is 0 Å². The summed E-state index contributed by atoms with van der Waals surface area (Å²) in [6.07, 6.45) is 1.54. The summed E-state index contributed by atoms with van der Waals surface area (Å²) in [6, 6.07) is 0.243. The predicted octanol–water partition coefficient (Wildman–Crippen LogP) is 0.208. The van der Waals surface area contributed by atoms with E-state index in [0.29, 0.717) is 26.1 Å². The molecule has 2 fully saturated rings. The molecule has 0 aromatic rings. The Morgan fingerprint density at radius 3 is 2.83 bits per heavy atom. The lowest BCUT2D eigenvalue weighted by atomic mass is 10.0. The molecule has 0 radical (unpaired) electrons. The molecule has 18 heavy (non-hydrogen) atoms. The highest BCUT2D eigenvalue weighted by atomic mass is 16.2. The van der Waals surface area contributed by atoms with E-state index in [9.17, 15) is 9.59 Å². The van der Waals surface area contributed by atoms with E-state index in [1.54, 1.807) is 0 Å². The predicted molar refractivity (Wildman–Crippen MR) is 69.1 cm³/mol. The molecule has 0 aromatic carbocycles. The molecule has 0 bridgehead atoms. The van der Waals surface area contributed by atoms with E-state index in [0.717, 1.165) is 13.0 Å². The van der Waals surface area contributed by atoms with Crippen LogP contribution in [0, 0.1) is 0 Å². The van der Waals surface area contributed by atoms with Crippen LogP contribution in [-0.2, 0) is 9.59 Å². The number of carbonyl (C=O) groups excluding carboxylic acids is 2. The highest BCUT2D eigenvalue weighted by molar-refractivity contribution is 5.86. The molecular weight excluding hydrogens is 230 g/mol. The number of piperazine rings is 1. The summed E-state index contributed by atoms with van der Waals surface area (Å²) < 4.78 is 0. The van der Waals surface area contributed by atoms with Gasteiger partial charge in [-0.05, 0) is 26.8 Å². The van der Waals surface area contributed by atoms with Gasteiger partial charge in [-0.25, -0.2) is 0 Å². The van der Waals surface area contributed by atoms with Crippen LogP contribution in [0.1, 0.15) is 33.6 Å². The van der Waals surface area contributed by atoms with Crippen molar-refractivity contribution in [1.82, 2.24) is 15.1 Å². The number of fused-ring (bicyclic) bond motifs is 1. The summed E-state index contributed by atoms with van der Waals surface area (Å²) in [7, 11) is 0. The molecule has 2 heterocycles. The number of nitrogens with zero attached hydrogens (tertiary/aromatic N) is 2. The maximum Gasteiger partial charge on any atom is 0.242 e. The van der Waals surface area contributed by atoms with Gasteiger partial charge in [-0.2, -0.15) is 0 Å². The number of carbonyl (C=O) groups is 2. The number of amides is 2. The fraction of sp³-hybridized carbons (Fsp3) is 0.846. The molecule has 2 amide bonds. The number of hydrogen-bond acceptors (Lipinski definition) is 3. The molecule has 1 atom stereocenters. The average Bonchev–Trinajstić information content (AvgIpc) is 2.69. The van der Waals surface area contributed by atoms with Gasteiger partial charge in [0, 0.05) is 32.1 Å². The van der Waals surface area contributed by atoms with Crippen molar-refractivity contribution in [3.05, 3.63) is 0 Å². The third-order valence-electron chi connectivity index (χ3n) is 3.94. The Hall–Kier alpha value is -1.10. The van der Waals surface area contributed by atoms with Gasteiger partial charge in [-0.15, -0.1) is 0 Å². The van der Waals surface area contributed by atoms with Gasteiger partial charge in [0.15, 0.2) is 0 Å². The Morgan fingerprint density at radius 1 is 1.44 bits per heavy atom. The van der Waals surface area contributed by atoms with Gasteiger partial charge in [0.2, 0.25) is 11.8 Å². The van der Waals surface area contributed by atoms with Crippen molar-refractivity contribution in [2.24, 2.45) is 0 Å². The second kappa shape index (κ2) is 4.88. The molecule has 2 aliphatic heterocycles. The molecule has 2 rings (SSSR count). The third-order valence-corrected chi connectivity index (χ3v) is 3.94. The van der Waals surface area contributed by atoms with Gasteiger partial charge in [-0.3, -0.25) is 9.59 Å². The minimum Gasteiger partial charge on any atom is -0.337 e. The fourth-order valence-corrected chi connectivity index (χ4v) is 2.96. The van der Waals surface area contributed by atoms with E-state index in [-0.39, 0.29) is 17.9 Å². The molecular formula is C13H23N3O2. The molecule has 0 spiro atoms. The van der Waals surface area contributed by atoms with Crippen molar-refractivity contribution < 1.29 is 9.59 Å². The maximum atomic E-state index is 12.4. The molecule has 5 nitrogen and oxygen atoms in total. The van der Waals surface area contributed by atoms with Crippen LogP contribution in [0.2, 0.25) is 0 Å². The second-order valence-corrected chi connectivity index (χ2v) is 5.69. The SMILES string of the molecule is CCNC(C)(C)C(=O)N1CCN2C(=O)CCC2C1. The first-order chi connectivity index (χ1) is 8.45. The summed E-state index contributed by atoms with van der Waals surface area (Å²) in [6.45, 7) is 8.67. The summed E-state index contributed by atoms with van der Waals surface area (Å²) in [5, 5.41) is 3.22. The zero-order valence-corrected chi connectivity index (χ0v) is 11.5. The van der Waals surface area contributed by atoms with Crippen LogP contribution in [0.25, 0.3) is 0 Å². The standard InChI is InChI=1S/C13H23N3O2/c1-4-14-13(2,3)12(18)15-7-8-16-10(9-15)5-6-11(16)17/h10,14H,4-9H2,1-3H3. The third kappa shape index (κ3) is 2.36. The van der Waals surface area contributed by atoms with Crippen LogP contribution in [0.3, 0.4) is 0 Å². The maximum absolute atomic E-state index is 12.4. The number of rotatable bonds is 3. The van der Waals surface area contributed by atoms with Gasteiger partial charge in [0.25, 0.3) is 0 Å². The molecule has 2 saturated heterocycles. The zero-order chi connectivity index (χ0) is 13.3. The first-order valence-electron chi connectivity index (χ1n) is 6.79. The van der Waals surface area contributed by atoms with Crippen molar-refractivity contribution in [3.63, 3.8) is 0 Å². The molecule has 2 aliphatic rings. The lowest BCUT2D eigenvalue weighted by Crippen LogP contribution is -2.60. The first kappa shape index (κ1) is 13.3. The summed E-state index contributed by atoms with van der Waals surface area (Å²) in [5.74, 6) is 0.390. The molecule has 102 valence electrons. The van der Waals surface area contributed by atoms with Crippen molar-refractivity contribution in [2.75, 3.05) is 26.2 Å². The quantitative estimate of drug-likeness (QED) is 0.782. The summed E-state index contributed by atoms with van der Waals surface area (Å²) in [4.78, 5) is 27.9. The highest BCUT2D eigenvalue weighted by Crippen LogP contribution is 2.24. The lowest BCUT2D eigenvalue weighted by Gasteiger charge is -2.41. The van der Waals surface area contributed by atoms with Gasteiger partial charge in [0.05, 0.1) is 5.54 Å². The molecule has 1 unspecified atom stereocenters. The fourth-order valence-electron chi connectivity index (χ4n) is 2.96. The Labute approximate surface area is 108 Å². The Morgan fingerprint density at radius 2 is 2.17 bits per heavy atom. The number of hydrogen-bond donors (Lipinski definition) is 1. The molecule has 0 aromatic heterocycles. The van der Waals surface area contributed by atoms with E-state index in [1.807, 2.05) is 30.6 Å². The van der Waals surface area contributed by atoms with Crippen LogP contribution in [0.15, 0.2) is 0 Å². The normalized spacial score (nSPS) is 24.4. The molecule has 0 saturated carbocycles. The topological polar surface area (TPSA) is 52.7 Å². The molecule has 0 aliphatic carbocycles. The van der Waals surface area contributed by atoms with Crippen molar-refractivity contribution >= 4 is 11.8 Å². The van der Waals surface area contributed by atoms with Crippen LogP contribution in [-0.4, -0.2) is 59.4 Å². The highest BCUT2D eigenvalue weighted by Gasteiger charge is 2.40. The molecule has 1 N–H and O–H groups in total. The minimum atomic E-state index is -0.514. The smallest absolute Gasteiger partial charge is 0.242 e. The van der Waals surface area contributed by atoms with Gasteiger partial charge in [0.1, 0.15) is 0 Å². The van der Waals surface area contributed by atoms with E-state index < -0.39 is 5.54 Å². The number of nitrogens with one attached hydrogen (secondary N) is 1. The van der Waals surface area contributed by atoms with E-state index in [2.05, 4.69) is 5.32 Å². The molecule has 5 heteroatoms. The van der Waals surface area contributed by atoms with E-state index in [4.69, 9.17) is 0 Å². The Balaban J connectivity index is 1.99. The minimum absolute atomic E-state index is 0.142. The summed E-state index contributed by atoms with van der Waals surface area (Å²) >= 11 is 0. The second-order valence-electron chi connectivity index (χ2n) is 5.69. The number of likely N-dealkylation sites (N-methyl/N-ethyl adjacent to an activating group) is 1. The van der Waals surface area contributed by atoms with Crippen LogP contribution < -0.4 is 5.32 Å². The van der Waals surface area contributed by atoms with Gasteiger partial charge >= 0.3 is 0 Å². The average molecular weight is 253 g/mol. The largest absolute Gasteiger partial charge is 0.337 e. The van der Waals surface area contributed by atoms with E-state index in [1.165, 1.54) is 0 Å². The monoisotopic (exact) mass is 253 g/mol. The summed E-state index contributed by atoms with van der Waals surface area (Å²) in [5.41, 5.74) is -0.514. The Bertz CT molecular complexity index is 354. The van der Waals surface area contributed by atoms with E-state index >= 15 is 0 Å². The first-order valence-corrected chi connectivity index (χ1v) is 6.79. The van der Waals surface area contributed by atoms with Crippen LogP contribution in [0.4, 0.5) is 0 Å². The van der Waals surface area contributed by atoms with Gasteiger partial charge < -0.3 is 15.1 Å². The van der Waals surface area contributed by atoms with Crippen molar-refractivity contribution in [2.45, 2.75) is 45.2 Å². The Kier molecular flexibility index (Phi) is 3.61. The zero-order valence-electron chi connectivity index (χ0n) is 11.5.